The maximum Gasteiger partial charge on any atom is 0.303 e. The predicted octanol–water partition coefficient (Wildman–Crippen LogP) is 2.09. The molecule has 0 saturated carbocycles. The van der Waals surface area contributed by atoms with E-state index >= 15 is 0 Å². The molecule has 2 N–H and O–H groups in total. The van der Waals surface area contributed by atoms with Gasteiger partial charge in [0, 0.05) is 13.0 Å². The van der Waals surface area contributed by atoms with Crippen molar-refractivity contribution in [1.82, 2.24) is 5.32 Å². The zero-order valence-electron chi connectivity index (χ0n) is 11.2. The van der Waals surface area contributed by atoms with Gasteiger partial charge in [-0.1, -0.05) is 30.7 Å². The van der Waals surface area contributed by atoms with Gasteiger partial charge >= 0.3 is 5.97 Å². The first-order valence-electron chi connectivity index (χ1n) is 6.31. The summed E-state index contributed by atoms with van der Waals surface area (Å²) >= 11 is 5.99. The first kappa shape index (κ1) is 16.9. The molecular formula is C13H18ClNO4S. The van der Waals surface area contributed by atoms with Gasteiger partial charge in [0.25, 0.3) is 0 Å². The number of rotatable bonds is 8. The van der Waals surface area contributed by atoms with Gasteiger partial charge in [-0.25, -0.2) is 8.42 Å². The Labute approximate surface area is 123 Å². The van der Waals surface area contributed by atoms with Crippen LogP contribution in [-0.4, -0.2) is 31.8 Å². The normalized spacial score (nSPS) is 11.5. The van der Waals surface area contributed by atoms with E-state index in [1.807, 2.05) is 0 Å². The minimum atomic E-state index is -3.38. The third-order valence-electron chi connectivity index (χ3n) is 2.80. The number of hydrogen-bond donors (Lipinski definition) is 2. The van der Waals surface area contributed by atoms with Crippen LogP contribution in [0.3, 0.4) is 0 Å². The topological polar surface area (TPSA) is 83.5 Å². The van der Waals surface area contributed by atoms with Crippen LogP contribution in [0.4, 0.5) is 0 Å². The van der Waals surface area contributed by atoms with Crippen LogP contribution in [0.15, 0.2) is 23.1 Å². The van der Waals surface area contributed by atoms with Gasteiger partial charge in [0.15, 0.2) is 9.84 Å². The largest absolute Gasteiger partial charge is 0.481 e. The molecular weight excluding hydrogens is 302 g/mol. The predicted molar refractivity (Wildman–Crippen MR) is 77.8 cm³/mol. The third kappa shape index (κ3) is 4.77. The molecule has 0 aliphatic carbocycles. The number of carboxylic acid groups (broad SMARTS) is 1. The third-order valence-corrected chi connectivity index (χ3v) is 5.09. The lowest BCUT2D eigenvalue weighted by Crippen LogP contribution is -2.18. The van der Waals surface area contributed by atoms with Gasteiger partial charge in [-0.15, -0.1) is 0 Å². The maximum absolute atomic E-state index is 12.0. The van der Waals surface area contributed by atoms with E-state index in [2.05, 4.69) is 5.32 Å². The Morgan fingerprint density at radius 1 is 1.40 bits per heavy atom. The van der Waals surface area contributed by atoms with E-state index in [0.29, 0.717) is 25.1 Å². The molecule has 7 heteroatoms. The molecule has 0 spiro atoms. The fraction of sp³-hybridized carbons (Fsp3) is 0.462. The average Bonchev–Trinajstić information content (AvgIpc) is 2.37. The van der Waals surface area contributed by atoms with Gasteiger partial charge in [-0.2, -0.15) is 0 Å². The zero-order chi connectivity index (χ0) is 15.2. The van der Waals surface area contributed by atoms with Crippen molar-refractivity contribution in [3.63, 3.8) is 0 Å². The van der Waals surface area contributed by atoms with Gasteiger partial charge in [-0.05, 0) is 24.6 Å². The number of carbonyl (C=O) groups is 1. The van der Waals surface area contributed by atoms with E-state index in [1.54, 1.807) is 25.1 Å². The van der Waals surface area contributed by atoms with Gasteiger partial charge in [0.2, 0.25) is 0 Å². The number of nitrogens with one attached hydrogen (secondary N) is 1. The van der Waals surface area contributed by atoms with Crippen molar-refractivity contribution in [2.45, 2.75) is 31.2 Å². The van der Waals surface area contributed by atoms with E-state index in [9.17, 15) is 13.2 Å². The highest BCUT2D eigenvalue weighted by molar-refractivity contribution is 7.91. The first-order valence-corrected chi connectivity index (χ1v) is 8.34. The summed E-state index contributed by atoms with van der Waals surface area (Å²) in [5.41, 5.74) is 0.606. The number of halogens is 1. The lowest BCUT2D eigenvalue weighted by Gasteiger charge is -2.12. The number of benzene rings is 1. The fourth-order valence-corrected chi connectivity index (χ4v) is 3.51. The Morgan fingerprint density at radius 2 is 2.10 bits per heavy atom. The van der Waals surface area contributed by atoms with Gasteiger partial charge < -0.3 is 10.4 Å². The Morgan fingerprint density at radius 3 is 2.70 bits per heavy atom. The smallest absolute Gasteiger partial charge is 0.303 e. The molecule has 5 nitrogen and oxygen atoms in total. The van der Waals surface area contributed by atoms with Crippen molar-refractivity contribution in [2.24, 2.45) is 0 Å². The molecule has 0 saturated heterocycles. The maximum atomic E-state index is 12.0. The van der Waals surface area contributed by atoms with Crippen LogP contribution in [0.25, 0.3) is 0 Å². The molecule has 1 aromatic carbocycles. The van der Waals surface area contributed by atoms with Gasteiger partial charge in [0.1, 0.15) is 0 Å². The van der Waals surface area contributed by atoms with E-state index in [1.165, 1.54) is 0 Å². The van der Waals surface area contributed by atoms with Crippen molar-refractivity contribution < 1.29 is 18.3 Å². The van der Waals surface area contributed by atoms with E-state index in [-0.39, 0.29) is 22.1 Å². The Kier molecular flexibility index (Phi) is 6.45. The standard InChI is InChI=1S/C13H18ClNO4S/c1-2-20(18,19)13-10(5-3-6-11(13)14)9-15-8-4-7-12(16)17/h3,5-6,15H,2,4,7-9H2,1H3,(H,16,17). The summed E-state index contributed by atoms with van der Waals surface area (Å²) in [6.07, 6.45) is 0.578. The van der Waals surface area contributed by atoms with Crippen LogP contribution in [0, 0.1) is 0 Å². The van der Waals surface area contributed by atoms with Crippen LogP contribution in [0.2, 0.25) is 5.02 Å². The molecule has 0 heterocycles. The van der Waals surface area contributed by atoms with E-state index in [0.717, 1.165) is 0 Å². The van der Waals surface area contributed by atoms with Crippen molar-refractivity contribution in [1.29, 1.82) is 0 Å². The monoisotopic (exact) mass is 319 g/mol. The summed E-state index contributed by atoms with van der Waals surface area (Å²) in [5, 5.41) is 11.8. The molecule has 0 bridgehead atoms. The second-order valence-corrected chi connectivity index (χ2v) is 6.93. The Bertz CT molecular complexity index is 572. The van der Waals surface area contributed by atoms with E-state index < -0.39 is 15.8 Å². The van der Waals surface area contributed by atoms with E-state index in [4.69, 9.17) is 16.7 Å². The molecule has 0 radical (unpaired) electrons. The molecule has 1 rings (SSSR count). The van der Waals surface area contributed by atoms with Crippen LogP contribution in [0.5, 0.6) is 0 Å². The van der Waals surface area contributed by atoms with Gasteiger partial charge in [0.05, 0.1) is 15.7 Å². The van der Waals surface area contributed by atoms with Crippen LogP contribution in [-0.2, 0) is 21.2 Å². The summed E-state index contributed by atoms with van der Waals surface area (Å²) in [6, 6.07) is 4.96. The molecule has 20 heavy (non-hydrogen) atoms. The summed E-state index contributed by atoms with van der Waals surface area (Å²) in [7, 11) is -3.38. The highest BCUT2D eigenvalue weighted by Gasteiger charge is 2.19. The van der Waals surface area contributed by atoms with Crippen LogP contribution < -0.4 is 5.32 Å². The average molecular weight is 320 g/mol. The Balaban J connectivity index is 2.76. The van der Waals surface area contributed by atoms with Gasteiger partial charge in [-0.3, -0.25) is 4.79 Å². The Hall–Kier alpha value is -1.11. The lowest BCUT2D eigenvalue weighted by atomic mass is 10.2. The highest BCUT2D eigenvalue weighted by atomic mass is 35.5. The molecule has 0 unspecified atom stereocenters. The summed E-state index contributed by atoms with van der Waals surface area (Å²) in [5.74, 6) is -0.855. The zero-order valence-corrected chi connectivity index (χ0v) is 12.8. The molecule has 0 amide bonds. The summed E-state index contributed by atoms with van der Waals surface area (Å²) in [4.78, 5) is 10.5. The molecule has 0 atom stereocenters. The summed E-state index contributed by atoms with van der Waals surface area (Å²) in [6.45, 7) is 2.42. The highest BCUT2D eigenvalue weighted by Crippen LogP contribution is 2.26. The summed E-state index contributed by atoms with van der Waals surface area (Å²) < 4.78 is 24.1. The van der Waals surface area contributed by atoms with Crippen molar-refractivity contribution in [3.05, 3.63) is 28.8 Å². The number of aliphatic carboxylic acids is 1. The quantitative estimate of drug-likeness (QED) is 0.717. The number of hydrogen-bond acceptors (Lipinski definition) is 4. The first-order chi connectivity index (χ1) is 9.38. The minimum Gasteiger partial charge on any atom is -0.481 e. The van der Waals surface area contributed by atoms with Crippen LogP contribution >= 0.6 is 11.6 Å². The molecule has 0 aliphatic heterocycles. The second-order valence-electron chi connectivity index (χ2n) is 4.31. The van der Waals surface area contributed by atoms with Crippen LogP contribution in [0.1, 0.15) is 25.3 Å². The minimum absolute atomic E-state index is 0.0112. The molecule has 1 aromatic rings. The fourth-order valence-electron chi connectivity index (χ4n) is 1.77. The second kappa shape index (κ2) is 7.61. The molecule has 0 fully saturated rings. The van der Waals surface area contributed by atoms with Crippen molar-refractivity contribution >= 4 is 27.4 Å². The lowest BCUT2D eigenvalue weighted by molar-refractivity contribution is -0.137. The number of carboxylic acids is 1. The van der Waals surface area contributed by atoms with Crippen molar-refractivity contribution in [2.75, 3.05) is 12.3 Å². The van der Waals surface area contributed by atoms with Crippen molar-refractivity contribution in [3.8, 4) is 0 Å². The number of sulfone groups is 1. The SMILES string of the molecule is CCS(=O)(=O)c1c(Cl)cccc1CNCCCC(=O)O. The molecule has 112 valence electrons. The molecule has 0 aromatic heterocycles. The molecule has 0 aliphatic rings.